The number of carbonyl (C=O) groups is 3. The molecular weight excluding hydrogens is 741 g/mol. The van der Waals surface area contributed by atoms with E-state index >= 15 is 0 Å². The highest BCUT2D eigenvalue weighted by molar-refractivity contribution is 5.97. The summed E-state index contributed by atoms with van der Waals surface area (Å²) in [5.74, 6) is -0.384. The standard InChI is InChI=1S/C53H76N4O3/c1-3-5-7-9-11-13-15-17-19-21-22-24-26-28-30-32-34-36-38-43-52(59)57-50(53(60)56-49-44-47-54-48-45-49)41-39-40-46-55-51(58)42-37-35-33-31-29-27-25-23-20-18-16-14-12-10-8-6-4-2/h5-8,11-14,17-20,22,24-25,27-28,30-31,33-34,36,44-45,47-48,50H,3-4,9-10,15-16,21,23,26,29,32,35,37-43,46H2,1-2H3,(H,55,58)(H,57,59)(H,54,56,60). The highest BCUT2D eigenvalue weighted by Crippen LogP contribution is 2.09. The van der Waals surface area contributed by atoms with Crippen LogP contribution >= 0.6 is 0 Å². The van der Waals surface area contributed by atoms with Gasteiger partial charge in [0.05, 0.1) is 0 Å². The Kier molecular flexibility index (Phi) is 36.8. The molecule has 0 bridgehead atoms. The molecule has 0 fully saturated rings. The minimum atomic E-state index is -0.671. The van der Waals surface area contributed by atoms with Gasteiger partial charge in [0.25, 0.3) is 0 Å². The number of nitrogens with one attached hydrogen (secondary N) is 3. The third-order valence-electron chi connectivity index (χ3n) is 8.91. The Bertz CT molecular complexity index is 1570. The monoisotopic (exact) mass is 817 g/mol. The lowest BCUT2D eigenvalue weighted by molar-refractivity contribution is -0.126. The van der Waals surface area contributed by atoms with Crippen LogP contribution in [0.25, 0.3) is 0 Å². The predicted octanol–water partition coefficient (Wildman–Crippen LogP) is 13.2. The van der Waals surface area contributed by atoms with Crippen LogP contribution in [-0.2, 0) is 14.4 Å². The van der Waals surface area contributed by atoms with Gasteiger partial charge >= 0.3 is 0 Å². The largest absolute Gasteiger partial charge is 0.356 e. The summed E-state index contributed by atoms with van der Waals surface area (Å²) in [6.07, 6.45) is 66.5. The number of allylic oxidation sites excluding steroid dienone is 22. The van der Waals surface area contributed by atoms with Crippen molar-refractivity contribution < 1.29 is 14.4 Å². The average Bonchev–Trinajstić information content (AvgIpc) is 3.25. The molecule has 60 heavy (non-hydrogen) atoms. The SMILES string of the molecule is CCC=CCC=CCC=CCC=CCC=CCC=CCCC(=O)NC(CCCCNC(=O)CCCC=CCC=CCC=CCC=CCC=CCC)C(=O)Nc1ccncc1. The van der Waals surface area contributed by atoms with Crippen molar-refractivity contribution in [1.29, 1.82) is 0 Å². The summed E-state index contributed by atoms with van der Waals surface area (Å²) in [7, 11) is 0. The summed E-state index contributed by atoms with van der Waals surface area (Å²) < 4.78 is 0. The number of anilines is 1. The minimum absolute atomic E-state index is 0.0389. The van der Waals surface area contributed by atoms with Gasteiger partial charge in [-0.05, 0) is 121 Å². The van der Waals surface area contributed by atoms with Gasteiger partial charge in [0, 0.05) is 37.5 Å². The van der Waals surface area contributed by atoms with Crippen molar-refractivity contribution >= 4 is 23.4 Å². The smallest absolute Gasteiger partial charge is 0.246 e. The fraction of sp³-hybridized carbons (Fsp3) is 0.434. The van der Waals surface area contributed by atoms with Gasteiger partial charge in [0.1, 0.15) is 6.04 Å². The van der Waals surface area contributed by atoms with Gasteiger partial charge in [-0.3, -0.25) is 19.4 Å². The molecule has 326 valence electrons. The van der Waals surface area contributed by atoms with Crippen molar-refractivity contribution in [3.63, 3.8) is 0 Å². The van der Waals surface area contributed by atoms with Gasteiger partial charge in [-0.15, -0.1) is 0 Å². The first-order chi connectivity index (χ1) is 29.6. The number of hydrogen-bond donors (Lipinski definition) is 3. The Labute approximate surface area is 364 Å². The molecule has 7 nitrogen and oxygen atoms in total. The Morgan fingerprint density at radius 2 is 0.917 bits per heavy atom. The summed E-state index contributed by atoms with van der Waals surface area (Å²) in [5, 5.41) is 8.81. The van der Waals surface area contributed by atoms with Crippen molar-refractivity contribution in [2.75, 3.05) is 11.9 Å². The second-order valence-corrected chi connectivity index (χ2v) is 14.2. The number of pyridine rings is 1. The first-order valence-electron chi connectivity index (χ1n) is 22.5. The fourth-order valence-corrected chi connectivity index (χ4v) is 5.59. The molecule has 7 heteroatoms. The van der Waals surface area contributed by atoms with Crippen LogP contribution in [0.1, 0.15) is 136 Å². The maximum Gasteiger partial charge on any atom is 0.246 e. The van der Waals surface area contributed by atoms with E-state index in [0.717, 1.165) is 83.5 Å². The zero-order valence-corrected chi connectivity index (χ0v) is 36.9. The van der Waals surface area contributed by atoms with Gasteiger partial charge in [0.2, 0.25) is 17.7 Å². The number of carbonyl (C=O) groups excluding carboxylic acids is 3. The lowest BCUT2D eigenvalue weighted by atomic mass is 10.1. The van der Waals surface area contributed by atoms with E-state index in [-0.39, 0.29) is 17.7 Å². The Balaban J connectivity index is 2.28. The van der Waals surface area contributed by atoms with Crippen LogP contribution < -0.4 is 16.0 Å². The molecule has 1 atom stereocenters. The molecule has 1 aromatic heterocycles. The Morgan fingerprint density at radius 3 is 1.37 bits per heavy atom. The summed E-state index contributed by atoms with van der Waals surface area (Å²) in [6, 6.07) is 2.77. The molecule has 0 aliphatic heterocycles. The van der Waals surface area contributed by atoms with Crippen LogP contribution in [0.4, 0.5) is 5.69 Å². The molecule has 0 aliphatic carbocycles. The Hall–Kier alpha value is -5.30. The van der Waals surface area contributed by atoms with E-state index in [1.807, 2.05) is 6.08 Å². The van der Waals surface area contributed by atoms with Crippen molar-refractivity contribution in [2.24, 2.45) is 0 Å². The van der Waals surface area contributed by atoms with Gasteiger partial charge in [-0.2, -0.15) is 0 Å². The molecule has 1 aromatic rings. The third-order valence-corrected chi connectivity index (χ3v) is 8.91. The molecule has 3 amide bonds. The molecule has 0 aromatic carbocycles. The van der Waals surface area contributed by atoms with Crippen LogP contribution in [0.15, 0.2) is 158 Å². The lowest BCUT2D eigenvalue weighted by Gasteiger charge is -2.18. The highest BCUT2D eigenvalue weighted by Gasteiger charge is 2.20. The van der Waals surface area contributed by atoms with Crippen LogP contribution in [0.5, 0.6) is 0 Å². The summed E-state index contributed by atoms with van der Waals surface area (Å²) in [6.45, 7) is 4.83. The molecule has 0 saturated heterocycles. The molecule has 1 rings (SSSR count). The first kappa shape index (κ1) is 52.7. The second kappa shape index (κ2) is 41.8. The number of nitrogens with zero attached hydrogens (tertiary/aromatic N) is 1. The van der Waals surface area contributed by atoms with Crippen LogP contribution in [0.3, 0.4) is 0 Å². The van der Waals surface area contributed by atoms with E-state index in [1.165, 1.54) is 0 Å². The molecule has 0 aliphatic rings. The van der Waals surface area contributed by atoms with E-state index in [1.54, 1.807) is 24.5 Å². The number of aromatic nitrogens is 1. The van der Waals surface area contributed by atoms with Gasteiger partial charge in [-0.1, -0.05) is 148 Å². The van der Waals surface area contributed by atoms with E-state index in [9.17, 15) is 14.4 Å². The average molecular weight is 817 g/mol. The molecule has 0 saturated carbocycles. The molecule has 0 spiro atoms. The molecular formula is C53H76N4O3. The van der Waals surface area contributed by atoms with Crippen LogP contribution in [-0.4, -0.2) is 35.3 Å². The number of rotatable bonds is 35. The van der Waals surface area contributed by atoms with Crippen molar-refractivity contribution in [3.05, 3.63) is 158 Å². The Morgan fingerprint density at radius 1 is 0.500 bits per heavy atom. The fourth-order valence-electron chi connectivity index (χ4n) is 5.59. The van der Waals surface area contributed by atoms with Crippen molar-refractivity contribution in [1.82, 2.24) is 15.6 Å². The first-order valence-corrected chi connectivity index (χ1v) is 22.5. The summed E-state index contributed by atoms with van der Waals surface area (Å²) >= 11 is 0. The second-order valence-electron chi connectivity index (χ2n) is 14.2. The predicted molar refractivity (Wildman–Crippen MR) is 257 cm³/mol. The summed E-state index contributed by atoms with van der Waals surface area (Å²) in [4.78, 5) is 42.3. The van der Waals surface area contributed by atoms with E-state index < -0.39 is 6.04 Å². The minimum Gasteiger partial charge on any atom is -0.356 e. The van der Waals surface area contributed by atoms with Crippen molar-refractivity contribution in [3.8, 4) is 0 Å². The maximum atomic E-state index is 13.1. The molecule has 1 heterocycles. The lowest BCUT2D eigenvalue weighted by Crippen LogP contribution is -2.43. The highest BCUT2D eigenvalue weighted by atomic mass is 16.2. The quantitative estimate of drug-likeness (QED) is 0.0469. The number of amides is 3. The van der Waals surface area contributed by atoms with Gasteiger partial charge < -0.3 is 16.0 Å². The molecule has 1 unspecified atom stereocenters. The van der Waals surface area contributed by atoms with Gasteiger partial charge in [-0.25, -0.2) is 0 Å². The zero-order valence-electron chi connectivity index (χ0n) is 36.9. The number of unbranched alkanes of at least 4 members (excludes halogenated alkanes) is 2. The zero-order chi connectivity index (χ0) is 43.2. The topological polar surface area (TPSA) is 100 Å². The van der Waals surface area contributed by atoms with E-state index in [2.05, 4.69) is 162 Å². The van der Waals surface area contributed by atoms with Crippen molar-refractivity contribution in [2.45, 2.75) is 142 Å². The summed E-state index contributed by atoms with van der Waals surface area (Å²) in [5.41, 5.74) is 0.629. The normalized spacial score (nSPS) is 13.2. The third kappa shape index (κ3) is 35.8. The van der Waals surface area contributed by atoms with Gasteiger partial charge in [0.15, 0.2) is 0 Å². The van der Waals surface area contributed by atoms with Crippen LogP contribution in [0.2, 0.25) is 0 Å². The molecule has 0 radical (unpaired) electrons. The van der Waals surface area contributed by atoms with E-state index in [4.69, 9.17) is 0 Å². The molecule has 3 N–H and O–H groups in total. The number of hydrogen-bond acceptors (Lipinski definition) is 4. The van der Waals surface area contributed by atoms with E-state index in [0.29, 0.717) is 50.8 Å². The van der Waals surface area contributed by atoms with Crippen LogP contribution in [0, 0.1) is 0 Å². The maximum absolute atomic E-state index is 13.1.